The highest BCUT2D eigenvalue weighted by Crippen LogP contribution is 2.37. The third kappa shape index (κ3) is 7.93. The molecule has 1 saturated carbocycles. The third-order valence-corrected chi connectivity index (χ3v) is 8.30. The van der Waals surface area contributed by atoms with Crippen molar-refractivity contribution in [3.05, 3.63) is 76.0 Å². The zero-order valence-electron chi connectivity index (χ0n) is 26.0. The van der Waals surface area contributed by atoms with Crippen LogP contribution in [0, 0.1) is 11.7 Å². The molecule has 1 aliphatic carbocycles. The number of amides is 1. The van der Waals surface area contributed by atoms with Crippen LogP contribution in [0.15, 0.2) is 58.5 Å². The van der Waals surface area contributed by atoms with Crippen molar-refractivity contribution in [1.29, 1.82) is 0 Å². The van der Waals surface area contributed by atoms with Crippen molar-refractivity contribution in [3.8, 4) is 5.75 Å². The molecule has 5 rings (SSSR count). The Balaban J connectivity index is 0.000000458. The Labute approximate surface area is 254 Å². The number of nitrogens with one attached hydrogen (secondary N) is 2. The Morgan fingerprint density at radius 3 is 2.56 bits per heavy atom. The van der Waals surface area contributed by atoms with Crippen molar-refractivity contribution in [2.75, 3.05) is 32.5 Å². The fraction of sp³-hybridized carbons (Fsp3) is 0.485. The number of likely N-dealkylation sites (tertiary alicyclic amines) is 1. The van der Waals surface area contributed by atoms with Gasteiger partial charge >= 0.3 is 0 Å². The Morgan fingerprint density at radius 1 is 1.21 bits per heavy atom. The Kier molecular flexibility index (Phi) is 10.8. The minimum absolute atomic E-state index is 0.341. The maximum absolute atomic E-state index is 14.3. The van der Waals surface area contributed by atoms with Gasteiger partial charge in [-0.25, -0.2) is 9.37 Å². The SMILES string of the molecule is CC1CCCN1C=O.CN/C=C1/C/C(=C(\C)N)C(=NCC2CC2)c2cnc(NC)c(c2)O[C@H](C)c2cc(F)ccc2C1N. The number of hydrogen-bond donors (Lipinski definition) is 4. The molecule has 0 spiro atoms. The Bertz CT molecular complexity index is 1380. The van der Waals surface area contributed by atoms with Gasteiger partial charge in [-0.1, -0.05) is 6.07 Å². The number of ether oxygens (including phenoxy) is 1. The normalized spacial score (nSPS) is 25.0. The topological polar surface area (TPSA) is 131 Å². The molecule has 10 heteroatoms. The number of hydrogen-bond acceptors (Lipinski definition) is 8. The van der Waals surface area contributed by atoms with Crippen molar-refractivity contribution in [3.63, 3.8) is 0 Å². The third-order valence-electron chi connectivity index (χ3n) is 8.30. The van der Waals surface area contributed by atoms with Gasteiger partial charge in [0, 0.05) is 68.2 Å². The maximum atomic E-state index is 14.3. The average molecular weight is 592 g/mol. The molecule has 2 aromatic rings. The van der Waals surface area contributed by atoms with E-state index in [1.54, 1.807) is 19.3 Å². The van der Waals surface area contributed by atoms with E-state index in [1.807, 2.05) is 38.1 Å². The molecule has 2 fully saturated rings. The molecule has 2 aliphatic heterocycles. The van der Waals surface area contributed by atoms with Crippen LogP contribution in [0.5, 0.6) is 5.75 Å². The largest absolute Gasteiger partial charge is 0.482 e. The second kappa shape index (κ2) is 14.5. The molecule has 1 aromatic heterocycles. The first-order valence-electron chi connectivity index (χ1n) is 15.1. The van der Waals surface area contributed by atoms with Gasteiger partial charge in [-0.15, -0.1) is 0 Å². The lowest BCUT2D eigenvalue weighted by Crippen LogP contribution is -2.24. The molecule has 1 aromatic carbocycles. The molecule has 6 N–H and O–H groups in total. The van der Waals surface area contributed by atoms with Gasteiger partial charge in [-0.05, 0) is 87.9 Å². The van der Waals surface area contributed by atoms with Crippen LogP contribution < -0.4 is 26.8 Å². The highest BCUT2D eigenvalue weighted by molar-refractivity contribution is 6.13. The quantitative estimate of drug-likeness (QED) is 0.361. The fourth-order valence-corrected chi connectivity index (χ4v) is 5.53. The highest BCUT2D eigenvalue weighted by atomic mass is 19.1. The van der Waals surface area contributed by atoms with Gasteiger partial charge in [0.25, 0.3) is 0 Å². The molecule has 2 bridgehead atoms. The van der Waals surface area contributed by atoms with E-state index in [4.69, 9.17) is 21.2 Å². The lowest BCUT2D eigenvalue weighted by atomic mass is 9.87. The van der Waals surface area contributed by atoms with E-state index in [0.717, 1.165) is 47.5 Å². The van der Waals surface area contributed by atoms with E-state index in [0.29, 0.717) is 41.2 Å². The number of fused-ring (bicyclic) bond motifs is 3. The number of benzene rings is 1. The number of rotatable bonds is 5. The second-order valence-corrected chi connectivity index (χ2v) is 11.6. The second-order valence-electron chi connectivity index (χ2n) is 11.6. The van der Waals surface area contributed by atoms with E-state index in [1.165, 1.54) is 37.8 Å². The maximum Gasteiger partial charge on any atom is 0.209 e. The molecule has 3 aliphatic rings. The van der Waals surface area contributed by atoms with Gasteiger partial charge in [0.15, 0.2) is 11.6 Å². The predicted octanol–water partition coefficient (Wildman–Crippen LogP) is 4.97. The highest BCUT2D eigenvalue weighted by Gasteiger charge is 2.27. The molecule has 3 heterocycles. The molecule has 3 atom stereocenters. The molecule has 1 saturated heterocycles. The van der Waals surface area contributed by atoms with Crippen LogP contribution in [-0.4, -0.2) is 55.2 Å². The van der Waals surface area contributed by atoms with E-state index in [2.05, 4.69) is 22.5 Å². The van der Waals surface area contributed by atoms with Crippen molar-refractivity contribution in [2.45, 2.75) is 71.1 Å². The number of aliphatic imine (C=N–C) groups is 1. The monoisotopic (exact) mass is 591 g/mol. The number of anilines is 1. The molecule has 9 nitrogen and oxygen atoms in total. The summed E-state index contributed by atoms with van der Waals surface area (Å²) in [5.41, 5.74) is 18.9. The van der Waals surface area contributed by atoms with Crippen LogP contribution in [0.25, 0.3) is 0 Å². The van der Waals surface area contributed by atoms with Crippen molar-refractivity contribution in [2.24, 2.45) is 22.4 Å². The van der Waals surface area contributed by atoms with Crippen molar-refractivity contribution >= 4 is 17.9 Å². The van der Waals surface area contributed by atoms with E-state index in [9.17, 15) is 9.18 Å². The molecule has 1 amide bonds. The van der Waals surface area contributed by atoms with Gasteiger partial charge in [-0.2, -0.15) is 0 Å². The number of nitrogens with two attached hydrogens (primary N) is 2. The van der Waals surface area contributed by atoms with Gasteiger partial charge in [-0.3, -0.25) is 9.79 Å². The first-order valence-corrected chi connectivity index (χ1v) is 15.1. The van der Waals surface area contributed by atoms with Crippen molar-refractivity contribution < 1.29 is 13.9 Å². The first-order chi connectivity index (χ1) is 20.7. The molecule has 232 valence electrons. The number of carbonyl (C=O) groups is 1. The summed E-state index contributed by atoms with van der Waals surface area (Å²) in [5.74, 6) is 1.42. The smallest absolute Gasteiger partial charge is 0.209 e. The number of nitrogens with zero attached hydrogens (tertiary/aromatic N) is 3. The number of halogens is 1. The summed E-state index contributed by atoms with van der Waals surface area (Å²) >= 11 is 0. The zero-order chi connectivity index (χ0) is 31.1. The van der Waals surface area contributed by atoms with Crippen LogP contribution in [0.4, 0.5) is 10.2 Å². The van der Waals surface area contributed by atoms with E-state index < -0.39 is 12.1 Å². The molecular weight excluding hydrogens is 545 g/mol. The van der Waals surface area contributed by atoms with Crippen LogP contribution in [-0.2, 0) is 4.79 Å². The average Bonchev–Trinajstić information content (AvgIpc) is 3.73. The standard InChI is InChI=1S/C27H35FN6O.C6H11NO/c1-15(29)22-9-18(13-31-3)25(30)21-8-7-20(28)11-23(21)16(2)35-24-10-19(14-34-27(24)32-4)26(22)33-12-17-5-6-17;1-6-3-2-4-7(6)5-8/h7-8,10-11,13-14,16-17,25,31H,5-6,9,12,29-30H2,1-4H3,(H,32,34);5-6H,2-4H2,1H3/b18-13-,22-15-,33-26?;/t16-,25?;/m1./s1. The van der Waals surface area contributed by atoms with Crippen LogP contribution in [0.1, 0.15) is 81.7 Å². The number of allylic oxidation sites excluding steroid dienone is 2. The fourth-order valence-electron chi connectivity index (χ4n) is 5.53. The molecule has 43 heavy (non-hydrogen) atoms. The minimum Gasteiger partial charge on any atom is -0.482 e. The zero-order valence-corrected chi connectivity index (χ0v) is 26.0. The molecule has 0 radical (unpaired) electrons. The van der Waals surface area contributed by atoms with Gasteiger partial charge < -0.3 is 31.7 Å². The van der Waals surface area contributed by atoms with Crippen molar-refractivity contribution in [1.82, 2.24) is 15.2 Å². The first kappa shape index (κ1) is 32.0. The number of carbonyl (C=O) groups excluding carboxylic acids is 1. The summed E-state index contributed by atoms with van der Waals surface area (Å²) in [4.78, 5) is 21.6. The van der Waals surface area contributed by atoms with Crippen LogP contribution in [0.3, 0.4) is 0 Å². The summed E-state index contributed by atoms with van der Waals surface area (Å²) < 4.78 is 20.7. The summed E-state index contributed by atoms with van der Waals surface area (Å²) in [7, 11) is 3.62. The summed E-state index contributed by atoms with van der Waals surface area (Å²) in [5, 5.41) is 6.21. The summed E-state index contributed by atoms with van der Waals surface area (Å²) in [6.07, 6.45) is 9.40. The van der Waals surface area contributed by atoms with Gasteiger partial charge in [0.2, 0.25) is 6.41 Å². The summed E-state index contributed by atoms with van der Waals surface area (Å²) in [6.45, 7) is 7.56. The van der Waals surface area contributed by atoms with E-state index in [-0.39, 0.29) is 5.82 Å². The number of pyridine rings is 1. The Hall–Kier alpha value is -3.92. The van der Waals surface area contributed by atoms with Crippen LogP contribution in [0.2, 0.25) is 0 Å². The molecular formula is C33H46FN7O2. The Morgan fingerprint density at radius 2 is 1.98 bits per heavy atom. The van der Waals surface area contributed by atoms with Gasteiger partial charge in [0.05, 0.1) is 11.8 Å². The lowest BCUT2D eigenvalue weighted by molar-refractivity contribution is -0.118. The van der Waals surface area contributed by atoms with E-state index >= 15 is 0 Å². The number of aromatic nitrogens is 1. The minimum atomic E-state index is -0.497. The lowest BCUT2D eigenvalue weighted by Gasteiger charge is -2.27. The molecule has 2 unspecified atom stereocenters. The predicted molar refractivity (Wildman–Crippen MR) is 170 cm³/mol. The van der Waals surface area contributed by atoms with Crippen LogP contribution >= 0.6 is 0 Å². The van der Waals surface area contributed by atoms with Gasteiger partial charge in [0.1, 0.15) is 11.9 Å². The summed E-state index contributed by atoms with van der Waals surface area (Å²) in [6, 6.07) is 6.59.